The van der Waals surface area contributed by atoms with Gasteiger partial charge in [0.1, 0.15) is 0 Å². The van der Waals surface area contributed by atoms with Gasteiger partial charge in [-0.3, -0.25) is 0 Å². The van der Waals surface area contributed by atoms with Crippen LogP contribution in [0.4, 0.5) is 0 Å². The third-order valence-corrected chi connectivity index (χ3v) is 4.61. The maximum atomic E-state index is 5.76. The van der Waals surface area contributed by atoms with Crippen molar-refractivity contribution in [3.63, 3.8) is 0 Å². The van der Waals surface area contributed by atoms with Crippen molar-refractivity contribution in [1.29, 1.82) is 0 Å². The van der Waals surface area contributed by atoms with E-state index >= 15 is 0 Å². The number of benzene rings is 1. The standard InChI is InChI=1S/C18H27NO2/c1-18(2)8-3-5-15(12-18)19-13-14-6-7-16-17(11-14)21-10-4-9-20-16/h6-7,11,15,19H,3-5,8-10,12-13H2,1-2H3. The number of rotatable bonds is 3. The molecule has 1 aliphatic heterocycles. The molecule has 116 valence electrons. The van der Waals surface area contributed by atoms with Gasteiger partial charge in [0.25, 0.3) is 0 Å². The van der Waals surface area contributed by atoms with Crippen molar-refractivity contribution in [3.05, 3.63) is 23.8 Å². The molecule has 3 heteroatoms. The maximum absolute atomic E-state index is 5.76. The van der Waals surface area contributed by atoms with Crippen LogP contribution in [0.2, 0.25) is 0 Å². The third kappa shape index (κ3) is 3.91. The lowest BCUT2D eigenvalue weighted by Crippen LogP contribution is -2.36. The zero-order chi connectivity index (χ0) is 14.7. The average Bonchev–Trinajstić information content (AvgIpc) is 2.69. The molecular formula is C18H27NO2. The van der Waals surface area contributed by atoms with Crippen molar-refractivity contribution in [2.75, 3.05) is 13.2 Å². The Morgan fingerprint density at radius 1 is 1.14 bits per heavy atom. The summed E-state index contributed by atoms with van der Waals surface area (Å²) in [5.74, 6) is 1.78. The Morgan fingerprint density at radius 3 is 2.76 bits per heavy atom. The molecule has 1 aromatic rings. The Labute approximate surface area is 128 Å². The minimum Gasteiger partial charge on any atom is -0.490 e. The number of nitrogens with one attached hydrogen (secondary N) is 1. The van der Waals surface area contributed by atoms with Crippen molar-refractivity contribution in [2.24, 2.45) is 5.41 Å². The van der Waals surface area contributed by atoms with E-state index in [1.807, 2.05) is 6.07 Å². The molecule has 0 aromatic heterocycles. The monoisotopic (exact) mass is 289 g/mol. The Kier molecular flexibility index (Phi) is 4.39. The molecule has 1 N–H and O–H groups in total. The van der Waals surface area contributed by atoms with E-state index in [0.29, 0.717) is 11.5 Å². The van der Waals surface area contributed by atoms with Crippen molar-refractivity contribution in [1.82, 2.24) is 5.32 Å². The minimum absolute atomic E-state index is 0.487. The number of hydrogen-bond acceptors (Lipinski definition) is 3. The van der Waals surface area contributed by atoms with Crippen LogP contribution in [0.3, 0.4) is 0 Å². The van der Waals surface area contributed by atoms with Crippen molar-refractivity contribution in [2.45, 2.75) is 58.5 Å². The van der Waals surface area contributed by atoms with Crippen molar-refractivity contribution < 1.29 is 9.47 Å². The van der Waals surface area contributed by atoms with E-state index in [9.17, 15) is 0 Å². The number of ether oxygens (including phenoxy) is 2. The fourth-order valence-corrected chi connectivity index (χ4v) is 3.45. The summed E-state index contributed by atoms with van der Waals surface area (Å²) in [5, 5.41) is 3.72. The van der Waals surface area contributed by atoms with Gasteiger partial charge >= 0.3 is 0 Å². The fourth-order valence-electron chi connectivity index (χ4n) is 3.45. The van der Waals surface area contributed by atoms with Crippen molar-refractivity contribution in [3.8, 4) is 11.5 Å². The molecule has 1 aliphatic carbocycles. The zero-order valence-electron chi connectivity index (χ0n) is 13.3. The van der Waals surface area contributed by atoms with Gasteiger partial charge in [0, 0.05) is 19.0 Å². The molecule has 0 amide bonds. The highest BCUT2D eigenvalue weighted by atomic mass is 16.5. The van der Waals surface area contributed by atoms with Gasteiger partial charge in [0.2, 0.25) is 0 Å². The van der Waals surface area contributed by atoms with Crippen LogP contribution in [-0.2, 0) is 6.54 Å². The molecule has 2 aliphatic rings. The van der Waals surface area contributed by atoms with Crippen LogP contribution in [0.15, 0.2) is 18.2 Å². The normalized spacial score (nSPS) is 24.4. The smallest absolute Gasteiger partial charge is 0.161 e. The molecule has 0 spiro atoms. The second-order valence-corrected chi connectivity index (χ2v) is 7.17. The molecule has 1 heterocycles. The molecule has 0 saturated heterocycles. The first kappa shape index (κ1) is 14.7. The van der Waals surface area contributed by atoms with E-state index in [1.165, 1.54) is 31.2 Å². The van der Waals surface area contributed by atoms with Crippen LogP contribution in [-0.4, -0.2) is 19.3 Å². The summed E-state index contributed by atoms with van der Waals surface area (Å²) in [6, 6.07) is 6.96. The second kappa shape index (κ2) is 6.27. The lowest BCUT2D eigenvalue weighted by atomic mass is 9.75. The molecule has 3 rings (SSSR count). The SMILES string of the molecule is CC1(C)CCCC(NCc2ccc3c(c2)OCCCO3)C1. The molecule has 1 atom stereocenters. The van der Waals surface area contributed by atoms with Crippen LogP contribution in [0.25, 0.3) is 0 Å². The van der Waals surface area contributed by atoms with E-state index in [4.69, 9.17) is 9.47 Å². The third-order valence-electron chi connectivity index (χ3n) is 4.61. The largest absolute Gasteiger partial charge is 0.490 e. The Morgan fingerprint density at radius 2 is 1.95 bits per heavy atom. The van der Waals surface area contributed by atoms with Crippen LogP contribution in [0.5, 0.6) is 11.5 Å². The Hall–Kier alpha value is -1.22. The van der Waals surface area contributed by atoms with Crippen LogP contribution in [0, 0.1) is 5.41 Å². The topological polar surface area (TPSA) is 30.5 Å². The lowest BCUT2D eigenvalue weighted by Gasteiger charge is -2.35. The fraction of sp³-hybridized carbons (Fsp3) is 0.667. The highest BCUT2D eigenvalue weighted by Crippen LogP contribution is 2.35. The first-order valence-electron chi connectivity index (χ1n) is 8.24. The zero-order valence-corrected chi connectivity index (χ0v) is 13.3. The maximum Gasteiger partial charge on any atom is 0.161 e. The lowest BCUT2D eigenvalue weighted by molar-refractivity contribution is 0.197. The molecule has 0 bridgehead atoms. The predicted octanol–water partition coefficient (Wildman–Crippen LogP) is 3.91. The first-order chi connectivity index (χ1) is 10.1. The van der Waals surface area contributed by atoms with Gasteiger partial charge in [-0.1, -0.05) is 26.3 Å². The summed E-state index contributed by atoms with van der Waals surface area (Å²) in [4.78, 5) is 0. The summed E-state index contributed by atoms with van der Waals surface area (Å²) >= 11 is 0. The van der Waals surface area contributed by atoms with E-state index in [2.05, 4.69) is 31.3 Å². The first-order valence-corrected chi connectivity index (χ1v) is 8.24. The number of fused-ring (bicyclic) bond motifs is 1. The highest BCUT2D eigenvalue weighted by molar-refractivity contribution is 5.43. The summed E-state index contributed by atoms with van der Waals surface area (Å²) in [5.41, 5.74) is 1.77. The Bertz CT molecular complexity index is 484. The average molecular weight is 289 g/mol. The molecule has 3 nitrogen and oxygen atoms in total. The molecule has 21 heavy (non-hydrogen) atoms. The van der Waals surface area contributed by atoms with Gasteiger partial charge in [-0.05, 0) is 42.4 Å². The highest BCUT2D eigenvalue weighted by Gasteiger charge is 2.27. The van der Waals surface area contributed by atoms with E-state index in [-0.39, 0.29) is 0 Å². The van der Waals surface area contributed by atoms with Gasteiger partial charge in [0.05, 0.1) is 13.2 Å². The summed E-state index contributed by atoms with van der Waals surface area (Å²) in [7, 11) is 0. The molecule has 1 unspecified atom stereocenters. The van der Waals surface area contributed by atoms with E-state index in [1.54, 1.807) is 0 Å². The summed E-state index contributed by atoms with van der Waals surface area (Å²) < 4.78 is 11.4. The molecule has 0 radical (unpaired) electrons. The molecular weight excluding hydrogens is 262 g/mol. The molecule has 1 fully saturated rings. The van der Waals surface area contributed by atoms with Gasteiger partial charge in [-0.25, -0.2) is 0 Å². The number of hydrogen-bond donors (Lipinski definition) is 1. The van der Waals surface area contributed by atoms with Gasteiger partial charge in [-0.15, -0.1) is 0 Å². The summed E-state index contributed by atoms with van der Waals surface area (Å²) in [6.45, 7) is 7.18. The van der Waals surface area contributed by atoms with Gasteiger partial charge in [0.15, 0.2) is 11.5 Å². The van der Waals surface area contributed by atoms with Crippen LogP contribution in [0.1, 0.15) is 51.5 Å². The van der Waals surface area contributed by atoms with Crippen LogP contribution < -0.4 is 14.8 Å². The molecule has 1 aromatic carbocycles. The quantitative estimate of drug-likeness (QED) is 0.915. The summed E-state index contributed by atoms with van der Waals surface area (Å²) in [6.07, 6.45) is 6.23. The van der Waals surface area contributed by atoms with Crippen molar-refractivity contribution >= 4 is 0 Å². The molecule has 1 saturated carbocycles. The Balaban J connectivity index is 1.59. The van der Waals surface area contributed by atoms with E-state index < -0.39 is 0 Å². The second-order valence-electron chi connectivity index (χ2n) is 7.17. The van der Waals surface area contributed by atoms with Gasteiger partial charge < -0.3 is 14.8 Å². The minimum atomic E-state index is 0.487. The van der Waals surface area contributed by atoms with E-state index in [0.717, 1.165) is 37.7 Å². The predicted molar refractivity (Wildman–Crippen MR) is 84.9 cm³/mol. The van der Waals surface area contributed by atoms with Gasteiger partial charge in [-0.2, -0.15) is 0 Å². The van der Waals surface area contributed by atoms with Crippen LogP contribution >= 0.6 is 0 Å².